The summed E-state index contributed by atoms with van der Waals surface area (Å²) in [6.07, 6.45) is 9.17. The summed E-state index contributed by atoms with van der Waals surface area (Å²) in [4.78, 5) is 12.3. The molecule has 1 aromatic rings. The van der Waals surface area contributed by atoms with Gasteiger partial charge < -0.3 is 9.73 Å². The predicted molar refractivity (Wildman–Crippen MR) is 71.7 cm³/mol. The third-order valence-electron chi connectivity index (χ3n) is 5.48. The van der Waals surface area contributed by atoms with Gasteiger partial charge in [0.15, 0.2) is 5.76 Å². The first-order valence-corrected chi connectivity index (χ1v) is 7.42. The minimum atomic E-state index is -0.0319. The van der Waals surface area contributed by atoms with Crippen molar-refractivity contribution in [3.63, 3.8) is 0 Å². The van der Waals surface area contributed by atoms with Gasteiger partial charge in [0.25, 0.3) is 5.91 Å². The molecule has 0 aliphatic heterocycles. The van der Waals surface area contributed by atoms with Crippen LogP contribution >= 0.6 is 0 Å². The molecule has 1 amide bonds. The third kappa shape index (κ3) is 1.82. The van der Waals surface area contributed by atoms with Crippen LogP contribution in [-0.2, 0) is 0 Å². The van der Waals surface area contributed by atoms with E-state index in [9.17, 15) is 4.79 Å². The molecule has 0 radical (unpaired) electrons. The van der Waals surface area contributed by atoms with Gasteiger partial charge in [0, 0.05) is 5.54 Å². The van der Waals surface area contributed by atoms with Gasteiger partial charge >= 0.3 is 0 Å². The number of carbonyl (C=O) groups is 1. The molecule has 4 bridgehead atoms. The quantitative estimate of drug-likeness (QED) is 0.884. The van der Waals surface area contributed by atoms with E-state index in [0.29, 0.717) is 11.2 Å². The SMILES string of the molecule is CC12C[C@@H]3C[C@@H](C1)CC(NC(=O)c1ccco1)(C3)C2. The lowest BCUT2D eigenvalue weighted by Gasteiger charge is -2.61. The van der Waals surface area contributed by atoms with Crippen LogP contribution < -0.4 is 5.32 Å². The first kappa shape index (κ1) is 11.6. The largest absolute Gasteiger partial charge is 0.459 e. The zero-order valence-corrected chi connectivity index (χ0v) is 11.4. The standard InChI is InChI=1S/C16H21NO2/c1-15-6-11-5-12(7-15)9-16(8-11,10-15)17-14(18)13-3-2-4-19-13/h2-4,11-12H,5-10H2,1H3,(H,17,18)/t11-,12-,15?,16?/m0/s1. The van der Waals surface area contributed by atoms with Crippen molar-refractivity contribution in [3.05, 3.63) is 24.2 Å². The molecule has 0 aromatic carbocycles. The molecule has 3 heteroatoms. The number of carbonyl (C=O) groups excluding carboxylic acids is 1. The number of amides is 1. The van der Waals surface area contributed by atoms with Crippen molar-refractivity contribution >= 4 is 5.91 Å². The Balaban J connectivity index is 1.59. The highest BCUT2D eigenvalue weighted by Crippen LogP contribution is 2.61. The molecule has 1 N–H and O–H groups in total. The maximum Gasteiger partial charge on any atom is 0.287 e. The fourth-order valence-corrected chi connectivity index (χ4v) is 5.58. The van der Waals surface area contributed by atoms with E-state index in [-0.39, 0.29) is 11.4 Å². The predicted octanol–water partition coefficient (Wildman–Crippen LogP) is 3.37. The van der Waals surface area contributed by atoms with Crippen LogP contribution in [0.4, 0.5) is 0 Å². The molecule has 4 fully saturated rings. The van der Waals surface area contributed by atoms with Crippen molar-refractivity contribution in [1.82, 2.24) is 5.32 Å². The van der Waals surface area contributed by atoms with Crippen LogP contribution in [0.15, 0.2) is 22.8 Å². The van der Waals surface area contributed by atoms with E-state index in [1.54, 1.807) is 18.4 Å². The molecule has 0 spiro atoms. The molecule has 5 rings (SSSR count). The maximum atomic E-state index is 12.3. The van der Waals surface area contributed by atoms with Crippen molar-refractivity contribution < 1.29 is 9.21 Å². The molecule has 4 saturated carbocycles. The summed E-state index contributed by atoms with van der Waals surface area (Å²) in [6.45, 7) is 2.41. The monoisotopic (exact) mass is 259 g/mol. The topological polar surface area (TPSA) is 42.2 Å². The van der Waals surface area contributed by atoms with Crippen LogP contribution in [-0.4, -0.2) is 11.4 Å². The van der Waals surface area contributed by atoms with Gasteiger partial charge in [-0.25, -0.2) is 0 Å². The smallest absolute Gasteiger partial charge is 0.287 e. The Kier molecular flexibility index (Phi) is 2.22. The van der Waals surface area contributed by atoms with Crippen molar-refractivity contribution in [3.8, 4) is 0 Å². The summed E-state index contributed by atoms with van der Waals surface area (Å²) in [6, 6.07) is 3.52. The molecule has 19 heavy (non-hydrogen) atoms. The number of hydrogen-bond donors (Lipinski definition) is 1. The summed E-state index contributed by atoms with van der Waals surface area (Å²) in [5.74, 6) is 2.06. The van der Waals surface area contributed by atoms with E-state index in [1.165, 1.54) is 32.1 Å². The second-order valence-corrected chi connectivity index (χ2v) is 7.48. The van der Waals surface area contributed by atoms with Gasteiger partial charge in [-0.05, 0) is 67.9 Å². The number of rotatable bonds is 2. The first-order chi connectivity index (χ1) is 9.06. The normalized spacial score (nSPS) is 43.4. The van der Waals surface area contributed by atoms with E-state index in [1.807, 2.05) is 0 Å². The van der Waals surface area contributed by atoms with Crippen molar-refractivity contribution in [2.75, 3.05) is 0 Å². The van der Waals surface area contributed by atoms with Gasteiger partial charge in [0.2, 0.25) is 0 Å². The molecule has 3 nitrogen and oxygen atoms in total. The zero-order valence-electron chi connectivity index (χ0n) is 11.4. The molecule has 0 unspecified atom stereocenters. The van der Waals surface area contributed by atoms with Gasteiger partial charge in [-0.3, -0.25) is 4.79 Å². The lowest BCUT2D eigenvalue weighted by molar-refractivity contribution is -0.0682. The minimum Gasteiger partial charge on any atom is -0.459 e. The fraction of sp³-hybridized carbons (Fsp3) is 0.688. The van der Waals surface area contributed by atoms with E-state index < -0.39 is 0 Å². The average molecular weight is 259 g/mol. The van der Waals surface area contributed by atoms with E-state index >= 15 is 0 Å². The molecular formula is C16H21NO2. The Labute approximate surface area is 113 Å². The highest BCUT2D eigenvalue weighted by molar-refractivity contribution is 5.92. The number of furan rings is 1. The summed E-state index contributed by atoms with van der Waals surface area (Å²) >= 11 is 0. The Bertz CT molecular complexity index is 491. The lowest BCUT2D eigenvalue weighted by Crippen LogP contribution is -2.62. The zero-order chi connectivity index (χ0) is 13.1. The highest BCUT2D eigenvalue weighted by atomic mass is 16.3. The fourth-order valence-electron chi connectivity index (χ4n) is 5.58. The maximum absolute atomic E-state index is 12.3. The Hall–Kier alpha value is -1.25. The number of hydrogen-bond acceptors (Lipinski definition) is 2. The molecule has 0 saturated heterocycles. The average Bonchev–Trinajstić information content (AvgIpc) is 2.77. The molecule has 1 heterocycles. The van der Waals surface area contributed by atoms with Crippen LogP contribution in [0.3, 0.4) is 0 Å². The van der Waals surface area contributed by atoms with Crippen LogP contribution in [0, 0.1) is 17.3 Å². The van der Waals surface area contributed by atoms with Crippen LogP contribution in [0.1, 0.15) is 56.0 Å². The van der Waals surface area contributed by atoms with Gasteiger partial charge in [-0.2, -0.15) is 0 Å². The van der Waals surface area contributed by atoms with Crippen LogP contribution in [0.25, 0.3) is 0 Å². The summed E-state index contributed by atoms with van der Waals surface area (Å²) < 4.78 is 5.22. The van der Waals surface area contributed by atoms with Gasteiger partial charge in [-0.15, -0.1) is 0 Å². The third-order valence-corrected chi connectivity index (χ3v) is 5.48. The van der Waals surface area contributed by atoms with Gasteiger partial charge in [-0.1, -0.05) is 6.92 Å². The van der Waals surface area contributed by atoms with E-state index in [2.05, 4.69) is 12.2 Å². The Morgan fingerprint density at radius 3 is 2.63 bits per heavy atom. The second kappa shape index (κ2) is 3.65. The minimum absolute atomic E-state index is 0.0319. The molecule has 2 atom stereocenters. The summed E-state index contributed by atoms with van der Waals surface area (Å²) in [7, 11) is 0. The molecule has 4 aliphatic carbocycles. The molecule has 102 valence electrons. The van der Waals surface area contributed by atoms with Gasteiger partial charge in [0.1, 0.15) is 0 Å². The summed E-state index contributed by atoms with van der Waals surface area (Å²) in [5, 5.41) is 3.32. The van der Waals surface area contributed by atoms with Crippen molar-refractivity contribution in [2.45, 2.75) is 51.0 Å². The highest BCUT2D eigenvalue weighted by Gasteiger charge is 2.56. The summed E-state index contributed by atoms with van der Waals surface area (Å²) in [5.41, 5.74) is 0.503. The Morgan fingerprint density at radius 2 is 2.05 bits per heavy atom. The Morgan fingerprint density at radius 1 is 1.32 bits per heavy atom. The van der Waals surface area contributed by atoms with E-state index in [0.717, 1.165) is 18.3 Å². The lowest BCUT2D eigenvalue weighted by atomic mass is 9.47. The van der Waals surface area contributed by atoms with Crippen LogP contribution in [0.5, 0.6) is 0 Å². The van der Waals surface area contributed by atoms with Crippen LogP contribution in [0.2, 0.25) is 0 Å². The molecular weight excluding hydrogens is 238 g/mol. The molecule has 4 aliphatic rings. The first-order valence-electron chi connectivity index (χ1n) is 7.42. The van der Waals surface area contributed by atoms with Crippen molar-refractivity contribution in [2.24, 2.45) is 17.3 Å². The number of nitrogens with one attached hydrogen (secondary N) is 1. The second-order valence-electron chi connectivity index (χ2n) is 7.48. The van der Waals surface area contributed by atoms with Gasteiger partial charge in [0.05, 0.1) is 6.26 Å². The van der Waals surface area contributed by atoms with Crippen molar-refractivity contribution in [1.29, 1.82) is 0 Å². The van der Waals surface area contributed by atoms with E-state index in [4.69, 9.17) is 4.42 Å². The molecule has 1 aromatic heterocycles.